The van der Waals surface area contributed by atoms with Crippen molar-refractivity contribution in [1.29, 1.82) is 0 Å². The highest BCUT2D eigenvalue weighted by molar-refractivity contribution is 9.09. The largest absolute Gasteiger partial charge is 0.0924 e. The van der Waals surface area contributed by atoms with Gasteiger partial charge in [0.05, 0.1) is 0 Å². The molecule has 0 N–H and O–H groups in total. The molecule has 0 fully saturated rings. The Balaban J connectivity index is 2.62. The van der Waals surface area contributed by atoms with Crippen LogP contribution in [0, 0.1) is 0 Å². The smallest absolute Gasteiger partial charge is 0.00718 e. The standard InChI is InChI=1S/C10H11Br/c11-9-8-10-6-4-2-1-3-5-7-10/h1-7H,8-9H2. The molecule has 58 valence electrons. The highest BCUT2D eigenvalue weighted by atomic mass is 79.9. The van der Waals surface area contributed by atoms with Gasteiger partial charge in [0.25, 0.3) is 0 Å². The van der Waals surface area contributed by atoms with Crippen molar-refractivity contribution in [2.45, 2.75) is 6.42 Å². The number of hydrogen-bond donors (Lipinski definition) is 0. The minimum atomic E-state index is 1.03. The van der Waals surface area contributed by atoms with Crippen LogP contribution in [0.1, 0.15) is 6.42 Å². The van der Waals surface area contributed by atoms with Crippen molar-refractivity contribution in [2.24, 2.45) is 0 Å². The molecule has 1 aliphatic rings. The van der Waals surface area contributed by atoms with Crippen LogP contribution in [0.2, 0.25) is 0 Å². The fourth-order valence-corrected chi connectivity index (χ4v) is 1.34. The Morgan fingerprint density at radius 2 is 1.73 bits per heavy atom. The molecular formula is C10H11Br. The monoisotopic (exact) mass is 210 g/mol. The highest BCUT2D eigenvalue weighted by Crippen LogP contribution is 2.07. The molecule has 0 saturated carbocycles. The van der Waals surface area contributed by atoms with Crippen LogP contribution < -0.4 is 0 Å². The fraction of sp³-hybridized carbons (Fsp3) is 0.200. The molecular weight excluding hydrogens is 200 g/mol. The van der Waals surface area contributed by atoms with Gasteiger partial charge in [-0.1, -0.05) is 58.5 Å². The minimum Gasteiger partial charge on any atom is -0.0924 e. The molecule has 0 aromatic rings. The summed E-state index contributed by atoms with van der Waals surface area (Å²) in [5, 5.41) is 1.03. The Bertz CT molecular complexity index is 219. The van der Waals surface area contributed by atoms with E-state index >= 15 is 0 Å². The average Bonchev–Trinajstić information content (AvgIpc) is 1.94. The Hall–Kier alpha value is -0.560. The first-order chi connectivity index (χ1) is 5.43. The second-order valence-corrected chi connectivity index (χ2v) is 3.10. The summed E-state index contributed by atoms with van der Waals surface area (Å²) >= 11 is 3.41. The normalized spacial score (nSPS) is 15.9. The third-order valence-electron chi connectivity index (χ3n) is 1.45. The number of allylic oxidation sites excluding steroid dienone is 8. The maximum absolute atomic E-state index is 3.41. The molecule has 0 unspecified atom stereocenters. The summed E-state index contributed by atoms with van der Waals surface area (Å²) in [6.07, 6.45) is 15.6. The van der Waals surface area contributed by atoms with Crippen molar-refractivity contribution in [2.75, 3.05) is 5.33 Å². The van der Waals surface area contributed by atoms with Gasteiger partial charge >= 0.3 is 0 Å². The molecule has 0 aromatic heterocycles. The Morgan fingerprint density at radius 1 is 1.00 bits per heavy atom. The van der Waals surface area contributed by atoms with E-state index in [2.05, 4.69) is 40.2 Å². The van der Waals surface area contributed by atoms with Crippen LogP contribution >= 0.6 is 15.9 Å². The Morgan fingerprint density at radius 3 is 2.55 bits per heavy atom. The Kier molecular flexibility index (Phi) is 3.99. The van der Waals surface area contributed by atoms with Crippen LogP contribution in [-0.4, -0.2) is 5.33 Å². The van der Waals surface area contributed by atoms with E-state index in [-0.39, 0.29) is 0 Å². The maximum Gasteiger partial charge on any atom is 0.00718 e. The van der Waals surface area contributed by atoms with Crippen LogP contribution in [-0.2, 0) is 0 Å². The van der Waals surface area contributed by atoms with E-state index in [0.717, 1.165) is 11.8 Å². The average molecular weight is 211 g/mol. The van der Waals surface area contributed by atoms with Crippen molar-refractivity contribution < 1.29 is 0 Å². The van der Waals surface area contributed by atoms with Crippen molar-refractivity contribution in [1.82, 2.24) is 0 Å². The van der Waals surface area contributed by atoms with E-state index in [1.54, 1.807) is 0 Å². The van der Waals surface area contributed by atoms with E-state index in [1.165, 1.54) is 5.57 Å². The quantitative estimate of drug-likeness (QED) is 0.614. The van der Waals surface area contributed by atoms with Gasteiger partial charge in [-0.3, -0.25) is 0 Å². The van der Waals surface area contributed by atoms with Gasteiger partial charge < -0.3 is 0 Å². The number of hydrogen-bond acceptors (Lipinski definition) is 0. The van der Waals surface area contributed by atoms with E-state index in [1.807, 2.05) is 18.2 Å². The third kappa shape index (κ3) is 3.38. The molecule has 0 aliphatic heterocycles. The molecule has 0 amide bonds. The van der Waals surface area contributed by atoms with Gasteiger partial charge in [0.1, 0.15) is 0 Å². The maximum atomic E-state index is 3.41. The first-order valence-corrected chi connectivity index (χ1v) is 4.82. The zero-order valence-electron chi connectivity index (χ0n) is 6.33. The number of halogens is 1. The lowest BCUT2D eigenvalue weighted by Gasteiger charge is -1.96. The molecule has 1 rings (SSSR count). The topological polar surface area (TPSA) is 0 Å². The van der Waals surface area contributed by atoms with Crippen molar-refractivity contribution in [3.63, 3.8) is 0 Å². The molecule has 0 atom stereocenters. The molecule has 0 heterocycles. The number of alkyl halides is 1. The molecule has 0 spiro atoms. The third-order valence-corrected chi connectivity index (χ3v) is 1.84. The second-order valence-electron chi connectivity index (χ2n) is 2.31. The lowest BCUT2D eigenvalue weighted by Crippen LogP contribution is -1.79. The predicted octanol–water partition coefficient (Wildman–Crippen LogP) is 3.38. The van der Waals surface area contributed by atoms with Gasteiger partial charge in [-0.25, -0.2) is 0 Å². The van der Waals surface area contributed by atoms with Gasteiger partial charge in [0, 0.05) is 5.33 Å². The van der Waals surface area contributed by atoms with Crippen molar-refractivity contribution in [3.8, 4) is 0 Å². The van der Waals surface area contributed by atoms with Crippen LogP contribution in [0.25, 0.3) is 0 Å². The van der Waals surface area contributed by atoms with E-state index in [9.17, 15) is 0 Å². The summed E-state index contributed by atoms with van der Waals surface area (Å²) in [7, 11) is 0. The molecule has 0 nitrogen and oxygen atoms in total. The van der Waals surface area contributed by atoms with Gasteiger partial charge in [-0.05, 0) is 12.0 Å². The molecule has 0 radical (unpaired) electrons. The molecule has 0 bridgehead atoms. The van der Waals surface area contributed by atoms with Crippen LogP contribution in [0.5, 0.6) is 0 Å². The zero-order chi connectivity index (χ0) is 7.94. The Labute approximate surface area is 76.1 Å². The fourth-order valence-electron chi connectivity index (χ4n) is 0.882. The predicted molar refractivity (Wildman–Crippen MR) is 53.9 cm³/mol. The summed E-state index contributed by atoms with van der Waals surface area (Å²) in [6.45, 7) is 0. The lowest BCUT2D eigenvalue weighted by molar-refractivity contribution is 1.18. The lowest BCUT2D eigenvalue weighted by atomic mass is 10.1. The van der Waals surface area contributed by atoms with Crippen molar-refractivity contribution >= 4 is 15.9 Å². The highest BCUT2D eigenvalue weighted by Gasteiger charge is 1.88. The molecule has 0 saturated heterocycles. The summed E-state index contributed by atoms with van der Waals surface area (Å²) < 4.78 is 0. The summed E-state index contributed by atoms with van der Waals surface area (Å²) in [5.41, 5.74) is 1.36. The summed E-state index contributed by atoms with van der Waals surface area (Å²) in [5.74, 6) is 0. The molecule has 11 heavy (non-hydrogen) atoms. The molecule has 0 aromatic carbocycles. The SMILES string of the molecule is BrCCC1=CC=CC=CC=C1. The second kappa shape index (κ2) is 5.14. The van der Waals surface area contributed by atoms with E-state index in [4.69, 9.17) is 0 Å². The van der Waals surface area contributed by atoms with Gasteiger partial charge in [-0.2, -0.15) is 0 Å². The van der Waals surface area contributed by atoms with Gasteiger partial charge in [-0.15, -0.1) is 0 Å². The zero-order valence-corrected chi connectivity index (χ0v) is 7.92. The van der Waals surface area contributed by atoms with E-state index < -0.39 is 0 Å². The first-order valence-electron chi connectivity index (χ1n) is 3.70. The summed E-state index contributed by atoms with van der Waals surface area (Å²) in [6, 6.07) is 0. The van der Waals surface area contributed by atoms with Crippen molar-refractivity contribution in [3.05, 3.63) is 48.1 Å². The van der Waals surface area contributed by atoms with Gasteiger partial charge in [0.2, 0.25) is 0 Å². The van der Waals surface area contributed by atoms with Gasteiger partial charge in [0.15, 0.2) is 0 Å². The number of rotatable bonds is 2. The first kappa shape index (κ1) is 8.54. The van der Waals surface area contributed by atoms with E-state index in [0.29, 0.717) is 0 Å². The van der Waals surface area contributed by atoms with Crippen LogP contribution in [0.15, 0.2) is 48.1 Å². The molecule has 1 heteroatoms. The summed E-state index contributed by atoms with van der Waals surface area (Å²) in [4.78, 5) is 0. The molecule has 1 aliphatic carbocycles. The van der Waals surface area contributed by atoms with Crippen LogP contribution in [0.3, 0.4) is 0 Å². The van der Waals surface area contributed by atoms with Crippen LogP contribution in [0.4, 0.5) is 0 Å². The minimum absolute atomic E-state index is 1.03.